The summed E-state index contributed by atoms with van der Waals surface area (Å²) in [6, 6.07) is 1.56. The van der Waals surface area contributed by atoms with Crippen molar-refractivity contribution in [3.8, 4) is 5.88 Å². The van der Waals surface area contributed by atoms with Crippen LogP contribution in [0.15, 0.2) is 17.2 Å². The van der Waals surface area contributed by atoms with Crippen LogP contribution in [0.4, 0.5) is 0 Å². The number of carbonyl (C=O) groups excluding carboxylic acids is 1. The number of ketones is 1. The fraction of sp³-hybridized carbons (Fsp3) is 0.474. The molecule has 1 aromatic heterocycles. The molecule has 0 radical (unpaired) electrons. The molecular formula is C19H22N2Na2O6S. The number of aromatic hydroxyl groups is 1. The van der Waals surface area contributed by atoms with Crippen molar-refractivity contribution >= 4 is 16.4 Å². The first-order chi connectivity index (χ1) is 13.2. The van der Waals surface area contributed by atoms with Gasteiger partial charge in [0.1, 0.15) is 5.56 Å². The van der Waals surface area contributed by atoms with Gasteiger partial charge in [0, 0.05) is 29.0 Å². The summed E-state index contributed by atoms with van der Waals surface area (Å²) < 4.78 is 38.6. The molecule has 0 unspecified atom stereocenters. The number of sulfone groups is 1. The predicted octanol–water partition coefficient (Wildman–Crippen LogP) is -3.51. The van der Waals surface area contributed by atoms with Crippen LogP contribution in [-0.2, 0) is 21.8 Å². The molecule has 2 aliphatic heterocycles. The summed E-state index contributed by atoms with van der Waals surface area (Å²) in [6.45, 7) is 6.31. The SMILES string of the molecule is CCn1ncc(C(=O)c2cc(C)c3c(c2C)C2(CCS3([O-])[O-])OCCO2)c1O.[Na+].[Na+]. The number of rotatable bonds is 3. The average Bonchev–Trinajstić information content (AvgIpc) is 3.27. The number of aromatic nitrogens is 2. The largest absolute Gasteiger partial charge is 1.00 e. The van der Waals surface area contributed by atoms with Crippen LogP contribution in [0.2, 0.25) is 0 Å². The van der Waals surface area contributed by atoms with Crippen molar-refractivity contribution in [2.75, 3.05) is 19.0 Å². The summed E-state index contributed by atoms with van der Waals surface area (Å²) in [5.74, 6) is -1.85. The Morgan fingerprint density at radius 3 is 2.47 bits per heavy atom. The maximum absolute atomic E-state index is 13.2. The van der Waals surface area contributed by atoms with Crippen LogP contribution in [0.1, 0.15) is 46.0 Å². The van der Waals surface area contributed by atoms with Gasteiger partial charge in [-0.1, -0.05) is 0 Å². The van der Waals surface area contributed by atoms with E-state index in [0.717, 1.165) is 0 Å². The molecule has 1 spiro atoms. The van der Waals surface area contributed by atoms with Crippen molar-refractivity contribution in [3.05, 3.63) is 40.1 Å². The van der Waals surface area contributed by atoms with Gasteiger partial charge in [0.15, 0.2) is 11.6 Å². The topological polar surface area (TPSA) is 120 Å². The van der Waals surface area contributed by atoms with Crippen LogP contribution in [0.25, 0.3) is 0 Å². The normalized spacial score (nSPS) is 19.5. The quantitative estimate of drug-likeness (QED) is 0.379. The van der Waals surface area contributed by atoms with Crippen LogP contribution >= 0.6 is 10.6 Å². The molecule has 1 fully saturated rings. The second-order valence-corrected chi connectivity index (χ2v) is 9.16. The molecule has 2 aromatic rings. The van der Waals surface area contributed by atoms with Gasteiger partial charge in [-0.15, -0.1) is 0 Å². The fourth-order valence-corrected chi connectivity index (χ4v) is 6.05. The number of benzene rings is 1. The number of carbonyl (C=O) groups is 1. The summed E-state index contributed by atoms with van der Waals surface area (Å²) >= 11 is 0. The molecule has 0 saturated carbocycles. The molecule has 2 aliphatic rings. The van der Waals surface area contributed by atoms with E-state index >= 15 is 0 Å². The smallest absolute Gasteiger partial charge is 0.796 e. The van der Waals surface area contributed by atoms with Crippen molar-refractivity contribution in [3.63, 3.8) is 0 Å². The molecule has 1 aromatic carbocycles. The molecule has 3 heterocycles. The second-order valence-electron chi connectivity index (χ2n) is 7.12. The van der Waals surface area contributed by atoms with Crippen LogP contribution < -0.4 is 59.1 Å². The van der Waals surface area contributed by atoms with Crippen LogP contribution in [0.5, 0.6) is 5.88 Å². The Hall–Kier alpha value is 0.0900. The minimum atomic E-state index is -3.51. The summed E-state index contributed by atoms with van der Waals surface area (Å²) in [7, 11) is -3.51. The standard InChI is InChI=1S/C19H24N2O6S.2Na/c1-4-21-18(23)14(10-20-21)16(22)13-9-11(2)17-15(12(13)3)19(26-6-7-27-19)5-8-28(17,24)25;;/h9-10,23-25H,4-8H2,1-3H3;;/q;2*+1/p-2. The van der Waals surface area contributed by atoms with Gasteiger partial charge in [-0.25, -0.2) is 4.68 Å². The molecule has 11 heteroatoms. The van der Waals surface area contributed by atoms with Gasteiger partial charge >= 0.3 is 59.1 Å². The van der Waals surface area contributed by atoms with Gasteiger partial charge in [0.05, 0.1) is 19.4 Å². The average molecular weight is 452 g/mol. The summed E-state index contributed by atoms with van der Waals surface area (Å²) in [5.41, 5.74) is 1.73. The van der Waals surface area contributed by atoms with E-state index in [1.807, 2.05) is 0 Å². The molecule has 0 aliphatic carbocycles. The molecule has 4 rings (SSSR count). The Labute approximate surface area is 221 Å². The van der Waals surface area contributed by atoms with Crippen molar-refractivity contribution < 1.29 is 87.6 Å². The Kier molecular flexibility index (Phi) is 8.36. The van der Waals surface area contributed by atoms with Crippen molar-refractivity contribution in [2.45, 2.75) is 44.4 Å². The van der Waals surface area contributed by atoms with Gasteiger partial charge in [-0.05, 0) is 43.7 Å². The van der Waals surface area contributed by atoms with E-state index in [1.165, 1.54) is 10.9 Å². The Balaban J connectivity index is 0.00000160. The van der Waals surface area contributed by atoms with Crippen LogP contribution in [0.3, 0.4) is 0 Å². The first-order valence-corrected chi connectivity index (χ1v) is 10.8. The van der Waals surface area contributed by atoms with Gasteiger partial charge in [0.2, 0.25) is 5.88 Å². The van der Waals surface area contributed by atoms with Gasteiger partial charge in [0.25, 0.3) is 0 Å². The maximum atomic E-state index is 13.2. The van der Waals surface area contributed by atoms with Crippen molar-refractivity contribution in [1.29, 1.82) is 0 Å². The van der Waals surface area contributed by atoms with E-state index < -0.39 is 22.2 Å². The van der Waals surface area contributed by atoms with E-state index in [9.17, 15) is 19.0 Å². The fourth-order valence-electron chi connectivity index (χ4n) is 4.14. The Morgan fingerprint density at radius 1 is 1.27 bits per heavy atom. The minimum Gasteiger partial charge on any atom is -0.796 e. The van der Waals surface area contributed by atoms with Crippen LogP contribution in [-0.4, -0.2) is 48.7 Å². The summed E-state index contributed by atoms with van der Waals surface area (Å²) in [5, 5.41) is 14.3. The molecule has 1 N–H and O–H groups in total. The number of hydrogen-bond acceptors (Lipinski definition) is 7. The van der Waals surface area contributed by atoms with E-state index in [1.54, 1.807) is 26.8 Å². The number of ether oxygens (including phenoxy) is 2. The maximum Gasteiger partial charge on any atom is 1.00 e. The first-order valence-electron chi connectivity index (χ1n) is 9.16. The number of nitrogens with zero attached hydrogens (tertiary/aromatic N) is 2. The second kappa shape index (κ2) is 9.52. The Morgan fingerprint density at radius 2 is 1.90 bits per heavy atom. The summed E-state index contributed by atoms with van der Waals surface area (Å²) in [6.07, 6.45) is 1.50. The molecule has 0 atom stereocenters. The molecule has 1 saturated heterocycles. The molecular weight excluding hydrogens is 430 g/mol. The third-order valence-electron chi connectivity index (χ3n) is 5.47. The Bertz CT molecular complexity index is 972. The van der Waals surface area contributed by atoms with Crippen molar-refractivity contribution in [1.82, 2.24) is 9.78 Å². The minimum absolute atomic E-state index is 0. The van der Waals surface area contributed by atoms with E-state index in [0.29, 0.717) is 42.0 Å². The molecule has 30 heavy (non-hydrogen) atoms. The third kappa shape index (κ3) is 4.08. The van der Waals surface area contributed by atoms with Gasteiger partial charge < -0.3 is 34.3 Å². The van der Waals surface area contributed by atoms with Gasteiger partial charge in [-0.2, -0.15) is 5.10 Å². The zero-order valence-corrected chi connectivity index (χ0v) is 22.8. The third-order valence-corrected chi connectivity index (χ3v) is 7.36. The van der Waals surface area contributed by atoms with Gasteiger partial charge in [-0.3, -0.25) is 4.79 Å². The molecule has 0 amide bonds. The first kappa shape index (κ1) is 26.3. The molecule has 0 bridgehead atoms. The molecule has 152 valence electrons. The zero-order chi connectivity index (χ0) is 20.3. The van der Waals surface area contributed by atoms with Crippen molar-refractivity contribution in [2.24, 2.45) is 0 Å². The zero-order valence-electron chi connectivity index (χ0n) is 18.0. The number of aryl methyl sites for hydroxylation is 2. The van der Waals surface area contributed by atoms with E-state index in [2.05, 4.69) is 5.10 Å². The number of hydrogen-bond donors (Lipinski definition) is 1. The molecule has 8 nitrogen and oxygen atoms in total. The summed E-state index contributed by atoms with van der Waals surface area (Å²) in [4.78, 5) is 13.4. The predicted molar refractivity (Wildman–Crippen MR) is 99.4 cm³/mol. The number of fused-ring (bicyclic) bond motifs is 2. The monoisotopic (exact) mass is 452 g/mol. The van der Waals surface area contributed by atoms with E-state index in [-0.39, 0.29) is 87.6 Å². The van der Waals surface area contributed by atoms with Crippen LogP contribution in [0, 0.1) is 13.8 Å². The van der Waals surface area contributed by atoms with E-state index in [4.69, 9.17) is 9.47 Å².